The van der Waals surface area contributed by atoms with Gasteiger partial charge in [0.1, 0.15) is 0 Å². The second-order valence-electron chi connectivity index (χ2n) is 6.24. The quantitative estimate of drug-likeness (QED) is 0.332. The van der Waals surface area contributed by atoms with E-state index in [0.717, 1.165) is 0 Å². The molecule has 2 atom stereocenters. The molecule has 14 heteroatoms. The van der Waals surface area contributed by atoms with Gasteiger partial charge in [-0.2, -0.15) is 25.6 Å². The van der Waals surface area contributed by atoms with Gasteiger partial charge in [0.05, 0.1) is 39.8 Å². The number of hydrogen-bond donors (Lipinski definition) is 0. The van der Waals surface area contributed by atoms with Gasteiger partial charge in [-0.05, 0) is 80.4 Å². The average Bonchev–Trinajstić information content (AvgIpc) is 2.73. The fourth-order valence-corrected chi connectivity index (χ4v) is 8.21. The van der Waals surface area contributed by atoms with E-state index in [0.29, 0.717) is 10.0 Å². The van der Waals surface area contributed by atoms with Crippen molar-refractivity contribution in [3.63, 3.8) is 0 Å². The van der Waals surface area contributed by atoms with E-state index < -0.39 is 29.7 Å². The highest BCUT2D eigenvalue weighted by atomic mass is 79.9. The molecule has 0 radical (unpaired) electrons. The van der Waals surface area contributed by atoms with Gasteiger partial charge in [-0.15, -0.1) is 0 Å². The largest absolute Gasteiger partial charge is 0.282 e. The maximum Gasteiger partial charge on any atom is 0.282 e. The van der Waals surface area contributed by atoms with Crippen molar-refractivity contribution in [2.75, 3.05) is 0 Å². The minimum absolute atomic E-state index is 0.0403. The van der Waals surface area contributed by atoms with Gasteiger partial charge in [0.25, 0.3) is 20.0 Å². The molecule has 1 aliphatic rings. The zero-order valence-corrected chi connectivity index (χ0v) is 24.9. The van der Waals surface area contributed by atoms with Gasteiger partial charge in [0.15, 0.2) is 0 Å². The Bertz CT molecular complexity index is 1250. The number of hydrogen-bond acceptors (Lipinski definition) is 4. The SMILES string of the molecule is O=S(=O)(N=C1C(Br)=C(Br)C(=NS(=O)(=O)c2ccc(Cl)cc2)C(Br)C1Br)c1ccc(Cl)cc1. The Morgan fingerprint density at radius 2 is 0.906 bits per heavy atom. The summed E-state index contributed by atoms with van der Waals surface area (Å²) in [5, 5.41) is 0.777. The van der Waals surface area contributed by atoms with E-state index in [4.69, 9.17) is 23.2 Å². The monoisotopic (exact) mass is 768 g/mol. The van der Waals surface area contributed by atoms with Gasteiger partial charge in [0, 0.05) is 10.0 Å². The average molecular weight is 773 g/mol. The van der Waals surface area contributed by atoms with Crippen LogP contribution in [0.2, 0.25) is 10.0 Å². The third-order valence-corrected chi connectivity index (χ3v) is 12.0. The number of alkyl halides is 2. The van der Waals surface area contributed by atoms with Gasteiger partial charge in [-0.3, -0.25) is 0 Å². The minimum Gasteiger partial charge on any atom is -0.199 e. The number of sulfonamides is 2. The maximum atomic E-state index is 12.8. The smallest absolute Gasteiger partial charge is 0.199 e. The second kappa shape index (κ2) is 10.3. The molecule has 0 aromatic heterocycles. The van der Waals surface area contributed by atoms with Crippen molar-refractivity contribution >= 4 is 118 Å². The molecule has 0 fully saturated rings. The lowest BCUT2D eigenvalue weighted by Gasteiger charge is -2.26. The van der Waals surface area contributed by atoms with E-state index in [-0.39, 0.29) is 30.2 Å². The summed E-state index contributed by atoms with van der Waals surface area (Å²) in [5.74, 6) is 0. The van der Waals surface area contributed by atoms with Crippen LogP contribution in [0.3, 0.4) is 0 Å². The van der Waals surface area contributed by atoms with E-state index in [2.05, 4.69) is 72.5 Å². The first-order chi connectivity index (χ1) is 14.8. The third-order valence-electron chi connectivity index (χ3n) is 4.08. The molecule has 32 heavy (non-hydrogen) atoms. The van der Waals surface area contributed by atoms with Crippen LogP contribution in [0.25, 0.3) is 0 Å². The molecule has 2 aromatic carbocycles. The fraction of sp³-hybridized carbons (Fsp3) is 0.111. The molecule has 0 amide bonds. The standard InChI is InChI=1S/C18H10Br4Cl2N2O4S2/c19-13-15(21)18(26-32(29,30)12-7-3-10(24)4-8-12)16(22)14(20)17(13)25-31(27,28)11-5-1-9(23)2-6-11/h1-8,13,15H. The molecule has 2 aromatic rings. The fourth-order valence-electron chi connectivity index (χ4n) is 2.50. The molecule has 0 heterocycles. The second-order valence-corrected chi connectivity index (χ2v) is 13.9. The minimum atomic E-state index is -4.07. The summed E-state index contributed by atoms with van der Waals surface area (Å²) >= 11 is 25.1. The zero-order chi connectivity index (χ0) is 23.8. The lowest BCUT2D eigenvalue weighted by atomic mass is 10.0. The van der Waals surface area contributed by atoms with Crippen LogP contribution in [-0.2, 0) is 20.0 Å². The van der Waals surface area contributed by atoms with E-state index >= 15 is 0 Å². The van der Waals surface area contributed by atoms with Crippen LogP contribution < -0.4 is 0 Å². The normalized spacial score (nSPS) is 22.6. The molecule has 0 bridgehead atoms. The first-order valence-corrected chi connectivity index (χ1v) is 15.4. The molecule has 170 valence electrons. The van der Waals surface area contributed by atoms with Crippen LogP contribution in [0.15, 0.2) is 76.1 Å². The first-order valence-electron chi connectivity index (χ1n) is 8.38. The lowest BCUT2D eigenvalue weighted by molar-refractivity contribution is 0.596. The number of rotatable bonds is 4. The van der Waals surface area contributed by atoms with Crippen LogP contribution in [0.4, 0.5) is 0 Å². The molecular weight excluding hydrogens is 763 g/mol. The zero-order valence-electron chi connectivity index (χ0n) is 15.4. The number of benzene rings is 2. The Hall–Kier alpha value is -0.0800. The third kappa shape index (κ3) is 5.76. The van der Waals surface area contributed by atoms with Crippen molar-refractivity contribution in [2.45, 2.75) is 19.4 Å². The highest BCUT2D eigenvalue weighted by molar-refractivity contribution is 9.15. The highest BCUT2D eigenvalue weighted by Crippen LogP contribution is 2.38. The van der Waals surface area contributed by atoms with E-state index in [1.165, 1.54) is 48.5 Å². The molecular formula is C18H10Br4Cl2N2O4S2. The van der Waals surface area contributed by atoms with Crippen molar-refractivity contribution < 1.29 is 16.8 Å². The number of nitrogens with zero attached hydrogens (tertiary/aromatic N) is 2. The van der Waals surface area contributed by atoms with Gasteiger partial charge in [0.2, 0.25) is 0 Å². The lowest BCUT2D eigenvalue weighted by Crippen LogP contribution is -2.37. The summed E-state index contributed by atoms with van der Waals surface area (Å²) in [6, 6.07) is 11.2. The summed E-state index contributed by atoms with van der Waals surface area (Å²) in [7, 11) is -8.13. The summed E-state index contributed by atoms with van der Waals surface area (Å²) in [5.41, 5.74) is 0.244. The van der Waals surface area contributed by atoms with E-state index in [9.17, 15) is 16.8 Å². The molecule has 6 nitrogen and oxygen atoms in total. The Labute approximate surface area is 228 Å². The Kier molecular flexibility index (Phi) is 8.51. The van der Waals surface area contributed by atoms with Crippen molar-refractivity contribution in [1.29, 1.82) is 0 Å². The summed E-state index contributed by atoms with van der Waals surface area (Å²) < 4.78 is 59.5. The molecule has 3 rings (SSSR count). The predicted molar refractivity (Wildman–Crippen MR) is 142 cm³/mol. The van der Waals surface area contributed by atoms with Gasteiger partial charge in [-0.25, -0.2) is 0 Å². The van der Waals surface area contributed by atoms with Crippen LogP contribution in [-0.4, -0.2) is 37.9 Å². The van der Waals surface area contributed by atoms with Crippen molar-refractivity contribution in [3.05, 3.63) is 67.5 Å². The molecule has 1 aliphatic carbocycles. The van der Waals surface area contributed by atoms with Crippen LogP contribution in [0.1, 0.15) is 0 Å². The Morgan fingerprint density at radius 3 is 1.19 bits per heavy atom. The first kappa shape index (κ1) is 26.5. The predicted octanol–water partition coefficient (Wildman–Crippen LogP) is 6.50. The molecule has 0 saturated carbocycles. The van der Waals surface area contributed by atoms with Crippen molar-refractivity contribution in [2.24, 2.45) is 8.80 Å². The number of allylic oxidation sites excluding steroid dienone is 2. The maximum absolute atomic E-state index is 12.8. The van der Waals surface area contributed by atoms with Crippen LogP contribution in [0.5, 0.6) is 0 Å². The van der Waals surface area contributed by atoms with Crippen LogP contribution in [0, 0.1) is 0 Å². The molecule has 2 unspecified atom stereocenters. The topological polar surface area (TPSA) is 93.0 Å². The van der Waals surface area contributed by atoms with Gasteiger partial charge < -0.3 is 0 Å². The van der Waals surface area contributed by atoms with Crippen LogP contribution >= 0.6 is 86.9 Å². The van der Waals surface area contributed by atoms with E-state index in [1.54, 1.807) is 0 Å². The summed E-state index contributed by atoms with van der Waals surface area (Å²) in [6.45, 7) is 0. The molecule has 0 spiro atoms. The van der Waals surface area contributed by atoms with Gasteiger partial charge in [-0.1, -0.05) is 55.1 Å². The van der Waals surface area contributed by atoms with Crippen molar-refractivity contribution in [1.82, 2.24) is 0 Å². The molecule has 0 N–H and O–H groups in total. The van der Waals surface area contributed by atoms with Gasteiger partial charge >= 0.3 is 0 Å². The number of halogens is 6. The molecule has 0 saturated heterocycles. The van der Waals surface area contributed by atoms with Crippen molar-refractivity contribution in [3.8, 4) is 0 Å². The summed E-state index contributed by atoms with van der Waals surface area (Å²) in [4.78, 5) is -1.53. The highest BCUT2D eigenvalue weighted by Gasteiger charge is 2.38. The molecule has 0 aliphatic heterocycles. The summed E-state index contributed by atoms with van der Waals surface area (Å²) in [6.07, 6.45) is 0. The Morgan fingerprint density at radius 1 is 0.625 bits per heavy atom. The van der Waals surface area contributed by atoms with E-state index in [1.807, 2.05) is 0 Å². The Balaban J connectivity index is 2.09.